The molecule has 1 aromatic rings. The van der Waals surface area contributed by atoms with Crippen molar-refractivity contribution < 1.29 is 4.79 Å². The van der Waals surface area contributed by atoms with E-state index in [1.165, 1.54) is 0 Å². The number of alkyl halides is 1. The minimum Gasteiger partial charge on any atom is -0.289 e. The lowest BCUT2D eigenvalue weighted by Crippen LogP contribution is -2.17. The lowest BCUT2D eigenvalue weighted by Gasteiger charge is -2.20. The summed E-state index contributed by atoms with van der Waals surface area (Å²) in [5, 5.41) is 0. The standard InChI is InChI=1S/C15H13ClO/c1-2-15(16)10-8-13(9-11-15)14(17)12-6-4-3-5-7-12/h2-10H,1,11H2. The Labute approximate surface area is 106 Å². The lowest BCUT2D eigenvalue weighted by atomic mass is 9.92. The summed E-state index contributed by atoms with van der Waals surface area (Å²) in [6.45, 7) is 3.69. The molecule has 0 saturated carbocycles. The first-order valence-corrected chi connectivity index (χ1v) is 5.84. The number of hydrogen-bond donors (Lipinski definition) is 0. The molecular formula is C15H13ClO. The van der Waals surface area contributed by atoms with E-state index in [2.05, 4.69) is 6.58 Å². The van der Waals surface area contributed by atoms with Crippen molar-refractivity contribution in [3.8, 4) is 0 Å². The van der Waals surface area contributed by atoms with Gasteiger partial charge in [-0.3, -0.25) is 4.79 Å². The fraction of sp³-hybridized carbons (Fsp3) is 0.133. The summed E-state index contributed by atoms with van der Waals surface area (Å²) in [5.74, 6) is 0.0321. The number of ketones is 1. The number of allylic oxidation sites excluding steroid dienone is 5. The summed E-state index contributed by atoms with van der Waals surface area (Å²) in [5.41, 5.74) is 1.39. The molecular weight excluding hydrogens is 232 g/mol. The minimum absolute atomic E-state index is 0.0321. The van der Waals surface area contributed by atoms with Gasteiger partial charge in [-0.1, -0.05) is 54.6 Å². The van der Waals surface area contributed by atoms with E-state index in [0.29, 0.717) is 17.6 Å². The van der Waals surface area contributed by atoms with Crippen LogP contribution in [0.4, 0.5) is 0 Å². The van der Waals surface area contributed by atoms with Gasteiger partial charge in [0, 0.05) is 11.1 Å². The zero-order chi connectivity index (χ0) is 12.3. The molecule has 1 aliphatic carbocycles. The van der Waals surface area contributed by atoms with Crippen molar-refractivity contribution in [1.82, 2.24) is 0 Å². The number of benzene rings is 1. The second kappa shape index (κ2) is 4.72. The third-order valence-electron chi connectivity index (χ3n) is 2.81. The number of rotatable bonds is 3. The molecule has 2 heteroatoms. The van der Waals surface area contributed by atoms with Gasteiger partial charge in [0.05, 0.1) is 4.87 Å². The number of hydrogen-bond acceptors (Lipinski definition) is 1. The van der Waals surface area contributed by atoms with E-state index < -0.39 is 4.87 Å². The highest BCUT2D eigenvalue weighted by Gasteiger charge is 2.23. The maximum absolute atomic E-state index is 12.1. The highest BCUT2D eigenvalue weighted by molar-refractivity contribution is 6.27. The van der Waals surface area contributed by atoms with Gasteiger partial charge in [0.25, 0.3) is 0 Å². The van der Waals surface area contributed by atoms with Gasteiger partial charge < -0.3 is 0 Å². The molecule has 0 fully saturated rings. The van der Waals surface area contributed by atoms with Crippen LogP contribution in [0.25, 0.3) is 0 Å². The Morgan fingerprint density at radius 3 is 2.59 bits per heavy atom. The van der Waals surface area contributed by atoms with Crippen LogP contribution < -0.4 is 0 Å². The van der Waals surface area contributed by atoms with Gasteiger partial charge in [-0.25, -0.2) is 0 Å². The maximum Gasteiger partial charge on any atom is 0.192 e. The van der Waals surface area contributed by atoms with Crippen LogP contribution in [-0.2, 0) is 0 Å². The number of Topliss-reactive ketones (excluding diaryl/α,β-unsaturated/α-hetero) is 1. The molecule has 0 bridgehead atoms. The molecule has 1 aromatic carbocycles. The Morgan fingerprint density at radius 1 is 1.35 bits per heavy atom. The SMILES string of the molecule is C=CC1(Cl)C=CC(C(=O)c2ccccc2)=CC1. The van der Waals surface area contributed by atoms with Gasteiger partial charge in [-0.2, -0.15) is 0 Å². The van der Waals surface area contributed by atoms with Gasteiger partial charge in [0.1, 0.15) is 0 Å². The predicted octanol–water partition coefficient (Wildman–Crippen LogP) is 3.92. The van der Waals surface area contributed by atoms with Crippen LogP contribution in [0.2, 0.25) is 0 Å². The number of carbonyl (C=O) groups is 1. The van der Waals surface area contributed by atoms with E-state index in [1.807, 2.05) is 42.5 Å². The molecule has 1 nitrogen and oxygen atoms in total. The summed E-state index contributed by atoms with van der Waals surface area (Å²) < 4.78 is 0. The minimum atomic E-state index is -0.541. The highest BCUT2D eigenvalue weighted by atomic mass is 35.5. The second-order valence-electron chi connectivity index (χ2n) is 4.02. The summed E-state index contributed by atoms with van der Waals surface area (Å²) in [6.07, 6.45) is 7.74. The largest absolute Gasteiger partial charge is 0.289 e. The average molecular weight is 245 g/mol. The van der Waals surface area contributed by atoms with Crippen LogP contribution >= 0.6 is 11.6 Å². The molecule has 0 aliphatic heterocycles. The zero-order valence-electron chi connectivity index (χ0n) is 9.40. The summed E-state index contributed by atoms with van der Waals surface area (Å²) in [7, 11) is 0. The lowest BCUT2D eigenvalue weighted by molar-refractivity contribution is 0.103. The van der Waals surface area contributed by atoms with Crippen LogP contribution in [0, 0.1) is 0 Å². The molecule has 0 amide bonds. The summed E-state index contributed by atoms with van der Waals surface area (Å²) in [6, 6.07) is 9.23. The van der Waals surface area contributed by atoms with Crippen molar-refractivity contribution in [3.05, 3.63) is 72.4 Å². The molecule has 1 atom stereocenters. The Balaban J connectivity index is 2.20. The average Bonchev–Trinajstić information content (AvgIpc) is 2.40. The van der Waals surface area contributed by atoms with Crippen LogP contribution in [0.1, 0.15) is 16.8 Å². The van der Waals surface area contributed by atoms with Gasteiger partial charge in [0.15, 0.2) is 5.78 Å². The Morgan fingerprint density at radius 2 is 2.06 bits per heavy atom. The topological polar surface area (TPSA) is 17.1 Å². The maximum atomic E-state index is 12.1. The predicted molar refractivity (Wildman–Crippen MR) is 71.4 cm³/mol. The Hall–Kier alpha value is -1.60. The first-order valence-electron chi connectivity index (χ1n) is 5.46. The van der Waals surface area contributed by atoms with Crippen LogP contribution in [-0.4, -0.2) is 10.7 Å². The van der Waals surface area contributed by atoms with E-state index >= 15 is 0 Å². The molecule has 17 heavy (non-hydrogen) atoms. The molecule has 1 aliphatic rings. The molecule has 0 aromatic heterocycles. The van der Waals surface area contributed by atoms with Crippen LogP contribution in [0.15, 0.2) is 66.8 Å². The van der Waals surface area contributed by atoms with E-state index in [1.54, 1.807) is 12.2 Å². The molecule has 0 saturated heterocycles. The van der Waals surface area contributed by atoms with Gasteiger partial charge in [-0.15, -0.1) is 18.2 Å². The zero-order valence-corrected chi connectivity index (χ0v) is 10.2. The number of carbonyl (C=O) groups excluding carboxylic acids is 1. The smallest absolute Gasteiger partial charge is 0.192 e. The summed E-state index contributed by atoms with van der Waals surface area (Å²) in [4.78, 5) is 11.6. The fourth-order valence-electron chi connectivity index (χ4n) is 1.71. The third-order valence-corrected chi connectivity index (χ3v) is 3.25. The summed E-state index contributed by atoms with van der Waals surface area (Å²) >= 11 is 6.21. The van der Waals surface area contributed by atoms with Crippen molar-refractivity contribution in [1.29, 1.82) is 0 Å². The molecule has 0 spiro atoms. The first-order chi connectivity index (χ1) is 8.14. The Kier molecular flexibility index (Phi) is 3.30. The van der Waals surface area contributed by atoms with E-state index in [4.69, 9.17) is 11.6 Å². The Bertz CT molecular complexity index is 499. The van der Waals surface area contributed by atoms with Crippen molar-refractivity contribution in [2.75, 3.05) is 0 Å². The molecule has 1 unspecified atom stereocenters. The van der Waals surface area contributed by atoms with Gasteiger partial charge in [0.2, 0.25) is 0 Å². The van der Waals surface area contributed by atoms with Gasteiger partial charge >= 0.3 is 0 Å². The van der Waals surface area contributed by atoms with Crippen molar-refractivity contribution in [2.24, 2.45) is 0 Å². The quantitative estimate of drug-likeness (QED) is 0.448. The van der Waals surface area contributed by atoms with Crippen LogP contribution in [0.3, 0.4) is 0 Å². The third kappa shape index (κ3) is 2.56. The van der Waals surface area contributed by atoms with Gasteiger partial charge in [-0.05, 0) is 6.42 Å². The molecule has 2 rings (SSSR count). The molecule has 0 heterocycles. The molecule has 0 N–H and O–H groups in total. The van der Waals surface area contributed by atoms with Crippen molar-refractivity contribution in [3.63, 3.8) is 0 Å². The van der Waals surface area contributed by atoms with E-state index in [-0.39, 0.29) is 5.78 Å². The fourth-order valence-corrected chi connectivity index (χ4v) is 1.85. The molecule has 86 valence electrons. The monoisotopic (exact) mass is 244 g/mol. The van der Waals surface area contributed by atoms with E-state index in [9.17, 15) is 4.79 Å². The van der Waals surface area contributed by atoms with E-state index in [0.717, 1.165) is 0 Å². The number of halogens is 1. The van der Waals surface area contributed by atoms with Crippen LogP contribution in [0.5, 0.6) is 0 Å². The molecule has 0 radical (unpaired) electrons. The van der Waals surface area contributed by atoms with Crippen molar-refractivity contribution >= 4 is 17.4 Å². The highest BCUT2D eigenvalue weighted by Crippen LogP contribution is 2.29. The normalized spacial score (nSPS) is 23.0. The van der Waals surface area contributed by atoms with Crippen molar-refractivity contribution in [2.45, 2.75) is 11.3 Å². The first kappa shape index (κ1) is 11.9. The second-order valence-corrected chi connectivity index (χ2v) is 4.73.